The van der Waals surface area contributed by atoms with E-state index in [0.717, 1.165) is 17.1 Å². The number of benzene rings is 2. The van der Waals surface area contributed by atoms with Gasteiger partial charge in [0.1, 0.15) is 0 Å². The summed E-state index contributed by atoms with van der Waals surface area (Å²) in [7, 11) is 0. The second-order valence-electron chi connectivity index (χ2n) is 5.59. The number of halogens is 2. The molecule has 0 aliphatic heterocycles. The topological polar surface area (TPSA) is 61.0 Å². The van der Waals surface area contributed by atoms with Crippen LogP contribution >= 0.6 is 47.6 Å². The molecule has 0 aliphatic carbocycles. The monoisotopic (exact) mass is 447 g/mol. The zero-order valence-electron chi connectivity index (χ0n) is 14.4. The number of aromatic nitrogens is 1. The second kappa shape index (κ2) is 9.66. The van der Waals surface area contributed by atoms with Gasteiger partial charge in [-0.2, -0.15) is 0 Å². The van der Waals surface area contributed by atoms with E-state index in [2.05, 4.69) is 26.3 Å². The molecule has 2 aromatic carbocycles. The molecule has 1 heterocycles. The van der Waals surface area contributed by atoms with Crippen LogP contribution in [0.25, 0.3) is 0 Å². The van der Waals surface area contributed by atoms with E-state index in [1.165, 1.54) is 0 Å². The Bertz CT molecular complexity index is 898. The molecule has 0 amide bonds. The van der Waals surface area contributed by atoms with E-state index in [4.69, 9.17) is 47.6 Å². The van der Waals surface area contributed by atoms with Crippen LogP contribution in [0.1, 0.15) is 0 Å². The van der Waals surface area contributed by atoms with E-state index in [-0.39, 0.29) is 0 Å². The molecule has 0 saturated heterocycles. The highest BCUT2D eigenvalue weighted by Crippen LogP contribution is 2.21. The first-order valence-electron chi connectivity index (χ1n) is 8.11. The molecule has 28 heavy (non-hydrogen) atoms. The van der Waals surface area contributed by atoms with Gasteiger partial charge in [-0.1, -0.05) is 23.2 Å². The zero-order valence-corrected chi connectivity index (χ0v) is 17.5. The third-order valence-corrected chi connectivity index (χ3v) is 4.43. The first-order chi connectivity index (χ1) is 13.5. The smallest absolute Gasteiger partial charge is 0.175 e. The maximum absolute atomic E-state index is 5.90. The average Bonchev–Trinajstić information content (AvgIpc) is 2.67. The molecule has 0 atom stereocenters. The molecule has 4 N–H and O–H groups in total. The molecule has 0 radical (unpaired) electrons. The van der Waals surface area contributed by atoms with Crippen molar-refractivity contribution in [3.63, 3.8) is 0 Å². The van der Waals surface area contributed by atoms with Crippen LogP contribution in [0.15, 0.2) is 67.0 Å². The van der Waals surface area contributed by atoms with Gasteiger partial charge in [0.2, 0.25) is 0 Å². The number of nitrogens with zero attached hydrogens (tertiary/aromatic N) is 1. The number of hydrogen-bond donors (Lipinski definition) is 4. The lowest BCUT2D eigenvalue weighted by Gasteiger charge is -2.16. The fourth-order valence-corrected chi connectivity index (χ4v) is 2.95. The van der Waals surface area contributed by atoms with Crippen molar-refractivity contribution in [2.75, 3.05) is 21.3 Å². The van der Waals surface area contributed by atoms with Crippen molar-refractivity contribution in [1.82, 2.24) is 4.98 Å². The van der Waals surface area contributed by atoms with Crippen LogP contribution in [0.4, 0.5) is 22.7 Å². The van der Waals surface area contributed by atoms with Crippen molar-refractivity contribution < 1.29 is 0 Å². The van der Waals surface area contributed by atoms with Crippen LogP contribution in [-0.4, -0.2) is 15.2 Å². The van der Waals surface area contributed by atoms with Gasteiger partial charge in [0.15, 0.2) is 10.2 Å². The Morgan fingerprint density at radius 1 is 0.643 bits per heavy atom. The Balaban J connectivity index is 1.63. The average molecular weight is 448 g/mol. The minimum absolute atomic E-state index is 0.412. The molecule has 9 heteroatoms. The van der Waals surface area contributed by atoms with Gasteiger partial charge in [0.25, 0.3) is 0 Å². The predicted octanol–water partition coefficient (Wildman–Crippen LogP) is 6.01. The summed E-state index contributed by atoms with van der Waals surface area (Å²) in [5.74, 6) is 0. The van der Waals surface area contributed by atoms with Gasteiger partial charge in [-0.15, -0.1) is 0 Å². The van der Waals surface area contributed by atoms with E-state index < -0.39 is 0 Å². The lowest BCUT2D eigenvalue weighted by Crippen LogP contribution is -2.23. The number of thiocarbonyl (C=S) groups is 2. The standard InChI is InChI=1S/C19H15Cl2N5S2/c20-12-1-5-14(6-2-12)23-18(27)25-16-9-10-22-11-17(16)26-19(28)24-15-7-3-13(21)4-8-15/h1-11H,(H2,24,26,28)(H2,22,23,25,27). The van der Waals surface area contributed by atoms with Crippen LogP contribution in [-0.2, 0) is 0 Å². The van der Waals surface area contributed by atoms with Crippen molar-refractivity contribution in [3.8, 4) is 0 Å². The quantitative estimate of drug-likeness (QED) is 0.365. The summed E-state index contributed by atoms with van der Waals surface area (Å²) in [5, 5.41) is 14.6. The molecule has 0 fully saturated rings. The first kappa shape index (κ1) is 20.3. The normalized spacial score (nSPS) is 10.1. The van der Waals surface area contributed by atoms with E-state index >= 15 is 0 Å². The summed E-state index contributed by atoms with van der Waals surface area (Å²) in [6.07, 6.45) is 3.32. The molecule has 0 aliphatic rings. The number of nitrogens with one attached hydrogen (secondary N) is 4. The van der Waals surface area contributed by atoms with Crippen LogP contribution in [0.3, 0.4) is 0 Å². The van der Waals surface area contributed by atoms with Crippen LogP contribution in [0, 0.1) is 0 Å². The molecule has 1 aromatic heterocycles. The van der Waals surface area contributed by atoms with Crippen molar-refractivity contribution in [2.45, 2.75) is 0 Å². The summed E-state index contributed by atoms with van der Waals surface area (Å²) >= 11 is 22.5. The maximum Gasteiger partial charge on any atom is 0.175 e. The minimum Gasteiger partial charge on any atom is -0.332 e. The summed E-state index contributed by atoms with van der Waals surface area (Å²) < 4.78 is 0. The van der Waals surface area contributed by atoms with Crippen LogP contribution in [0.2, 0.25) is 10.0 Å². The van der Waals surface area contributed by atoms with E-state index in [9.17, 15) is 0 Å². The molecule has 0 spiro atoms. The Labute approximate surface area is 183 Å². The van der Waals surface area contributed by atoms with Gasteiger partial charge in [0.05, 0.1) is 17.6 Å². The van der Waals surface area contributed by atoms with Gasteiger partial charge in [-0.25, -0.2) is 0 Å². The summed E-state index contributed by atoms with van der Waals surface area (Å²) in [5.41, 5.74) is 3.04. The zero-order chi connectivity index (χ0) is 19.9. The van der Waals surface area contributed by atoms with Crippen LogP contribution in [0.5, 0.6) is 0 Å². The minimum atomic E-state index is 0.412. The summed E-state index contributed by atoms with van der Waals surface area (Å²) in [6.45, 7) is 0. The van der Waals surface area contributed by atoms with Gasteiger partial charge >= 0.3 is 0 Å². The highest BCUT2D eigenvalue weighted by Gasteiger charge is 2.07. The SMILES string of the molecule is S=C(Nc1ccc(Cl)cc1)Nc1ccncc1NC(=S)Nc1ccc(Cl)cc1. The van der Waals surface area contributed by atoms with Gasteiger partial charge in [-0.05, 0) is 79.0 Å². The van der Waals surface area contributed by atoms with Gasteiger partial charge in [-0.3, -0.25) is 4.98 Å². The summed E-state index contributed by atoms with van der Waals surface area (Å²) in [4.78, 5) is 4.13. The summed E-state index contributed by atoms with van der Waals surface area (Å²) in [6, 6.07) is 16.3. The van der Waals surface area contributed by atoms with Gasteiger partial charge < -0.3 is 21.3 Å². The Morgan fingerprint density at radius 3 is 1.61 bits per heavy atom. The Morgan fingerprint density at radius 2 is 1.11 bits per heavy atom. The fraction of sp³-hybridized carbons (Fsp3) is 0. The van der Waals surface area contributed by atoms with Crippen molar-refractivity contribution in [2.24, 2.45) is 0 Å². The predicted molar refractivity (Wildman–Crippen MR) is 127 cm³/mol. The lowest BCUT2D eigenvalue weighted by atomic mass is 10.3. The Hall–Kier alpha value is -2.45. The molecule has 0 bridgehead atoms. The molecular formula is C19H15Cl2N5S2. The number of anilines is 4. The number of pyridine rings is 1. The Kier molecular flexibility index (Phi) is 7.00. The highest BCUT2D eigenvalue weighted by molar-refractivity contribution is 7.81. The van der Waals surface area contributed by atoms with Crippen molar-refractivity contribution in [3.05, 3.63) is 77.0 Å². The number of hydrogen-bond acceptors (Lipinski definition) is 3. The molecular weight excluding hydrogens is 433 g/mol. The van der Waals surface area contributed by atoms with Crippen molar-refractivity contribution >= 4 is 80.6 Å². The van der Waals surface area contributed by atoms with Crippen molar-refractivity contribution in [1.29, 1.82) is 0 Å². The molecule has 3 rings (SSSR count). The number of rotatable bonds is 4. The molecule has 5 nitrogen and oxygen atoms in total. The van der Waals surface area contributed by atoms with E-state index in [1.807, 2.05) is 24.3 Å². The lowest BCUT2D eigenvalue weighted by molar-refractivity contribution is 1.33. The second-order valence-corrected chi connectivity index (χ2v) is 7.28. The maximum atomic E-state index is 5.90. The molecule has 0 saturated carbocycles. The third-order valence-electron chi connectivity index (χ3n) is 3.52. The fourth-order valence-electron chi connectivity index (χ4n) is 2.24. The highest BCUT2D eigenvalue weighted by atomic mass is 35.5. The molecule has 3 aromatic rings. The van der Waals surface area contributed by atoms with Crippen LogP contribution < -0.4 is 21.3 Å². The van der Waals surface area contributed by atoms with E-state index in [1.54, 1.807) is 42.7 Å². The molecule has 0 unspecified atom stereocenters. The first-order valence-corrected chi connectivity index (χ1v) is 9.68. The third kappa shape index (κ3) is 6.03. The molecule has 142 valence electrons. The van der Waals surface area contributed by atoms with E-state index in [0.29, 0.717) is 26.0 Å². The van der Waals surface area contributed by atoms with Gasteiger partial charge in [0, 0.05) is 27.6 Å². The largest absolute Gasteiger partial charge is 0.332 e.